The van der Waals surface area contributed by atoms with Crippen molar-refractivity contribution >= 4 is 5.97 Å². The Labute approximate surface area is 118 Å². The first-order valence-corrected chi connectivity index (χ1v) is 7.14. The van der Waals surface area contributed by atoms with E-state index in [1.54, 1.807) is 6.07 Å². The van der Waals surface area contributed by atoms with Gasteiger partial charge in [0.2, 0.25) is 0 Å². The van der Waals surface area contributed by atoms with Crippen molar-refractivity contribution in [3.05, 3.63) is 47.2 Å². The van der Waals surface area contributed by atoms with Gasteiger partial charge in [0.25, 0.3) is 0 Å². The zero-order valence-electron chi connectivity index (χ0n) is 11.9. The van der Waals surface area contributed by atoms with Crippen molar-refractivity contribution in [2.75, 3.05) is 0 Å². The second-order valence-electron chi connectivity index (χ2n) is 5.71. The summed E-state index contributed by atoms with van der Waals surface area (Å²) in [5.41, 5.74) is 5.32. The first-order valence-electron chi connectivity index (χ1n) is 7.14. The van der Waals surface area contributed by atoms with Gasteiger partial charge in [-0.1, -0.05) is 12.1 Å². The average Bonchev–Trinajstić information content (AvgIpc) is 3.04. The van der Waals surface area contributed by atoms with Crippen molar-refractivity contribution in [1.29, 1.82) is 0 Å². The molecule has 3 heteroatoms. The number of hydrogen-bond donors (Lipinski definition) is 1. The van der Waals surface area contributed by atoms with Crippen molar-refractivity contribution < 1.29 is 9.90 Å². The van der Waals surface area contributed by atoms with Gasteiger partial charge in [-0.3, -0.25) is 0 Å². The highest BCUT2D eigenvalue weighted by Crippen LogP contribution is 2.31. The van der Waals surface area contributed by atoms with Gasteiger partial charge < -0.3 is 9.67 Å². The number of fused-ring (bicyclic) bond motifs is 1. The number of aromatic carboxylic acids is 1. The van der Waals surface area contributed by atoms with E-state index in [1.807, 2.05) is 24.5 Å². The third-order valence-electron chi connectivity index (χ3n) is 4.05. The summed E-state index contributed by atoms with van der Waals surface area (Å²) in [4.78, 5) is 11.3. The van der Waals surface area contributed by atoms with Crippen molar-refractivity contribution in [1.82, 2.24) is 4.57 Å². The second kappa shape index (κ2) is 4.82. The highest BCUT2D eigenvalue weighted by atomic mass is 16.4. The Hall–Kier alpha value is -2.03. The number of benzene rings is 1. The van der Waals surface area contributed by atoms with Gasteiger partial charge in [0.05, 0.1) is 0 Å². The van der Waals surface area contributed by atoms with Gasteiger partial charge in [-0.05, 0) is 68.0 Å². The molecule has 104 valence electrons. The van der Waals surface area contributed by atoms with E-state index in [-0.39, 0.29) is 6.04 Å². The maximum Gasteiger partial charge on any atom is 0.352 e. The number of carbonyl (C=O) groups is 1. The molecule has 20 heavy (non-hydrogen) atoms. The highest BCUT2D eigenvalue weighted by Gasteiger charge is 2.18. The van der Waals surface area contributed by atoms with Crippen molar-refractivity contribution in [3.63, 3.8) is 0 Å². The first kappa shape index (κ1) is 13.0. The van der Waals surface area contributed by atoms with E-state index in [2.05, 4.69) is 18.2 Å². The van der Waals surface area contributed by atoms with Crippen molar-refractivity contribution in [2.45, 2.75) is 39.2 Å². The standard InChI is InChI=1S/C17H19NO2/c1-11(2)18-15(8-9-16(18)17(19)20)14-7-6-12-4-3-5-13(12)10-14/h6-11H,3-5H2,1-2H3,(H,19,20). The summed E-state index contributed by atoms with van der Waals surface area (Å²) in [7, 11) is 0. The van der Waals surface area contributed by atoms with E-state index >= 15 is 0 Å². The molecule has 0 amide bonds. The Balaban J connectivity index is 2.12. The lowest BCUT2D eigenvalue weighted by Crippen LogP contribution is -2.11. The summed E-state index contributed by atoms with van der Waals surface area (Å²) in [6.07, 6.45) is 3.53. The van der Waals surface area contributed by atoms with Gasteiger partial charge in [0, 0.05) is 11.7 Å². The van der Waals surface area contributed by atoms with Crippen LogP contribution < -0.4 is 0 Å². The van der Waals surface area contributed by atoms with Gasteiger partial charge >= 0.3 is 5.97 Å². The Morgan fingerprint density at radius 2 is 1.90 bits per heavy atom. The fraction of sp³-hybridized carbons (Fsp3) is 0.353. The molecule has 0 saturated carbocycles. The summed E-state index contributed by atoms with van der Waals surface area (Å²) in [5.74, 6) is -0.869. The molecule has 2 aromatic rings. The molecule has 1 aliphatic rings. The van der Waals surface area contributed by atoms with E-state index in [9.17, 15) is 9.90 Å². The Bertz CT molecular complexity index is 668. The second-order valence-corrected chi connectivity index (χ2v) is 5.71. The van der Waals surface area contributed by atoms with Crippen LogP contribution >= 0.6 is 0 Å². The van der Waals surface area contributed by atoms with Crippen molar-refractivity contribution in [3.8, 4) is 11.3 Å². The molecule has 3 nitrogen and oxygen atoms in total. The summed E-state index contributed by atoms with van der Waals surface area (Å²) >= 11 is 0. The predicted molar refractivity (Wildman–Crippen MR) is 79.2 cm³/mol. The number of aryl methyl sites for hydroxylation is 2. The maximum absolute atomic E-state index is 11.3. The largest absolute Gasteiger partial charge is 0.477 e. The van der Waals surface area contributed by atoms with Crippen LogP contribution in [0.1, 0.15) is 47.9 Å². The minimum Gasteiger partial charge on any atom is -0.477 e. The minimum atomic E-state index is -0.869. The molecule has 1 aromatic heterocycles. The van der Waals surface area contributed by atoms with E-state index in [0.29, 0.717) is 5.69 Å². The molecular weight excluding hydrogens is 250 g/mol. The van der Waals surface area contributed by atoms with Gasteiger partial charge in [-0.25, -0.2) is 4.79 Å². The van der Waals surface area contributed by atoms with Crippen LogP contribution in [-0.2, 0) is 12.8 Å². The highest BCUT2D eigenvalue weighted by molar-refractivity contribution is 5.87. The van der Waals surface area contributed by atoms with Crippen LogP contribution in [0.4, 0.5) is 0 Å². The molecule has 0 spiro atoms. The van der Waals surface area contributed by atoms with Gasteiger partial charge in [0.15, 0.2) is 0 Å². The normalized spacial score (nSPS) is 13.8. The molecule has 0 saturated heterocycles. The summed E-state index contributed by atoms with van der Waals surface area (Å²) in [5, 5.41) is 9.31. The lowest BCUT2D eigenvalue weighted by Gasteiger charge is -2.16. The monoisotopic (exact) mass is 269 g/mol. The van der Waals surface area contributed by atoms with Crippen molar-refractivity contribution in [2.24, 2.45) is 0 Å². The summed E-state index contributed by atoms with van der Waals surface area (Å²) in [6, 6.07) is 10.3. The molecule has 1 heterocycles. The van der Waals surface area contributed by atoms with Gasteiger partial charge in [-0.15, -0.1) is 0 Å². The fourth-order valence-corrected chi connectivity index (χ4v) is 3.15. The molecule has 3 rings (SSSR count). The zero-order valence-corrected chi connectivity index (χ0v) is 11.9. The number of nitrogens with zero attached hydrogens (tertiary/aromatic N) is 1. The molecule has 0 fully saturated rings. The van der Waals surface area contributed by atoms with Gasteiger partial charge in [0.1, 0.15) is 5.69 Å². The van der Waals surface area contributed by atoms with Crippen LogP contribution in [0.5, 0.6) is 0 Å². The summed E-state index contributed by atoms with van der Waals surface area (Å²) in [6.45, 7) is 4.03. The van der Waals surface area contributed by atoms with Crippen LogP contribution in [0, 0.1) is 0 Å². The molecule has 1 aromatic carbocycles. The van der Waals surface area contributed by atoms with Crippen LogP contribution in [0.25, 0.3) is 11.3 Å². The molecular formula is C17H19NO2. The number of rotatable bonds is 3. The van der Waals surface area contributed by atoms with E-state index in [4.69, 9.17) is 0 Å². The van der Waals surface area contributed by atoms with Crippen LogP contribution in [0.3, 0.4) is 0 Å². The lowest BCUT2D eigenvalue weighted by molar-refractivity contribution is 0.0683. The molecule has 1 N–H and O–H groups in total. The molecule has 1 aliphatic carbocycles. The zero-order chi connectivity index (χ0) is 14.3. The smallest absolute Gasteiger partial charge is 0.352 e. The number of carboxylic acid groups (broad SMARTS) is 1. The van der Waals surface area contributed by atoms with Crippen LogP contribution in [-0.4, -0.2) is 15.6 Å². The topological polar surface area (TPSA) is 42.2 Å². The third-order valence-corrected chi connectivity index (χ3v) is 4.05. The Morgan fingerprint density at radius 3 is 2.60 bits per heavy atom. The first-order chi connectivity index (χ1) is 9.58. The third kappa shape index (κ3) is 2.03. The number of carboxylic acids is 1. The molecule has 0 unspecified atom stereocenters. The Morgan fingerprint density at radius 1 is 1.15 bits per heavy atom. The number of hydrogen-bond acceptors (Lipinski definition) is 1. The minimum absolute atomic E-state index is 0.124. The van der Waals surface area contributed by atoms with Crippen LogP contribution in [0.15, 0.2) is 30.3 Å². The fourth-order valence-electron chi connectivity index (χ4n) is 3.15. The lowest BCUT2D eigenvalue weighted by atomic mass is 10.0. The van der Waals surface area contributed by atoms with Crippen LogP contribution in [0.2, 0.25) is 0 Å². The SMILES string of the molecule is CC(C)n1c(C(=O)O)ccc1-c1ccc2c(c1)CCC2. The average molecular weight is 269 g/mol. The molecule has 0 radical (unpaired) electrons. The molecule has 0 aliphatic heterocycles. The number of aromatic nitrogens is 1. The maximum atomic E-state index is 11.3. The van der Waals surface area contributed by atoms with E-state index < -0.39 is 5.97 Å². The van der Waals surface area contributed by atoms with E-state index in [1.165, 1.54) is 24.0 Å². The van der Waals surface area contributed by atoms with E-state index in [0.717, 1.165) is 17.7 Å². The molecule has 0 bridgehead atoms. The summed E-state index contributed by atoms with van der Waals surface area (Å²) < 4.78 is 1.90. The van der Waals surface area contributed by atoms with Gasteiger partial charge in [-0.2, -0.15) is 0 Å². The molecule has 0 atom stereocenters. The predicted octanol–water partition coefficient (Wildman–Crippen LogP) is 3.92. The quantitative estimate of drug-likeness (QED) is 0.917. The Kier molecular flexibility index (Phi) is 3.13.